The van der Waals surface area contributed by atoms with Gasteiger partial charge in [0.15, 0.2) is 0 Å². The van der Waals surface area contributed by atoms with Crippen LogP contribution in [0.4, 0.5) is 0 Å². The van der Waals surface area contributed by atoms with Crippen molar-refractivity contribution in [3.05, 3.63) is 0 Å². The van der Waals surface area contributed by atoms with Gasteiger partial charge in [0, 0.05) is 36.9 Å². The van der Waals surface area contributed by atoms with Crippen molar-refractivity contribution in [2.24, 2.45) is 28.9 Å². The van der Waals surface area contributed by atoms with E-state index in [0.717, 1.165) is 6.42 Å². The van der Waals surface area contributed by atoms with Crippen molar-refractivity contribution in [1.29, 1.82) is 0 Å². The number of ether oxygens (including phenoxy) is 1. The first-order chi connectivity index (χ1) is 9.71. The fraction of sp³-hybridized carbons (Fsp3) is 0.867. The molecule has 0 aromatic rings. The Labute approximate surface area is 124 Å². The molecule has 2 heterocycles. The number of rotatable bonds is 3. The number of likely N-dealkylation sites (tertiary alicyclic amines) is 1. The van der Waals surface area contributed by atoms with Crippen molar-refractivity contribution in [1.82, 2.24) is 4.90 Å². The zero-order valence-corrected chi connectivity index (χ0v) is 12.8. The Hall–Kier alpha value is -1.14. The van der Waals surface area contributed by atoms with E-state index in [1.54, 1.807) is 11.8 Å². The molecule has 3 aliphatic rings. The lowest BCUT2D eigenvalue weighted by molar-refractivity contribution is -0.190. The van der Waals surface area contributed by atoms with Crippen LogP contribution in [0.2, 0.25) is 0 Å². The highest BCUT2D eigenvalue weighted by Gasteiger charge is 2.72. The van der Waals surface area contributed by atoms with E-state index in [1.807, 2.05) is 13.8 Å². The summed E-state index contributed by atoms with van der Waals surface area (Å²) in [6, 6.07) is 0. The molecule has 3 rings (SSSR count). The van der Waals surface area contributed by atoms with Gasteiger partial charge in [-0.1, -0.05) is 20.8 Å². The second-order valence-corrected chi connectivity index (χ2v) is 7.37. The molecule has 1 saturated carbocycles. The number of carbonyl (C=O) groups excluding carboxylic acids is 1. The smallest absolute Gasteiger partial charge is 0.306 e. The second kappa shape index (κ2) is 4.43. The molecule has 2 aliphatic heterocycles. The van der Waals surface area contributed by atoms with Crippen molar-refractivity contribution in [2.45, 2.75) is 38.8 Å². The quantitative estimate of drug-likeness (QED) is 0.782. The molecule has 4 atom stereocenters. The number of hydrogen-bond donors (Lipinski definition) is 2. The van der Waals surface area contributed by atoms with Crippen molar-refractivity contribution in [3.63, 3.8) is 0 Å². The number of nitrogens with zero attached hydrogens (tertiary/aromatic N) is 1. The largest absolute Gasteiger partial charge is 0.481 e. The van der Waals surface area contributed by atoms with Crippen LogP contribution in [0.5, 0.6) is 0 Å². The minimum atomic E-state index is -0.869. The Kier molecular flexibility index (Phi) is 3.12. The second-order valence-electron chi connectivity index (χ2n) is 7.37. The Balaban J connectivity index is 1.68. The summed E-state index contributed by atoms with van der Waals surface area (Å²) >= 11 is 0. The highest BCUT2D eigenvalue weighted by Crippen LogP contribution is 2.59. The molecule has 6 nitrogen and oxygen atoms in total. The van der Waals surface area contributed by atoms with Gasteiger partial charge in [0.25, 0.3) is 0 Å². The van der Waals surface area contributed by atoms with Gasteiger partial charge in [-0.3, -0.25) is 9.59 Å². The molecule has 0 spiro atoms. The lowest BCUT2D eigenvalue weighted by Crippen LogP contribution is -2.81. The van der Waals surface area contributed by atoms with Crippen LogP contribution in [-0.2, 0) is 14.3 Å². The van der Waals surface area contributed by atoms with Crippen LogP contribution >= 0.6 is 0 Å². The molecule has 21 heavy (non-hydrogen) atoms. The standard InChI is InChI=1S/C15H24N2O4/c1-8(12(18)19)9-6-17(7-9)13(20)15(16)10-4-5-21-11(10)14(15,2)3/h8-11H,4-7,16H2,1-3H3,(H,18,19). The van der Waals surface area contributed by atoms with Gasteiger partial charge in [-0.05, 0) is 6.42 Å². The molecule has 0 aromatic heterocycles. The fourth-order valence-corrected chi connectivity index (χ4v) is 4.28. The van der Waals surface area contributed by atoms with Crippen molar-refractivity contribution < 1.29 is 19.4 Å². The van der Waals surface area contributed by atoms with E-state index in [4.69, 9.17) is 15.6 Å². The molecule has 2 saturated heterocycles. The molecular formula is C15H24N2O4. The van der Waals surface area contributed by atoms with Crippen LogP contribution in [0.3, 0.4) is 0 Å². The van der Waals surface area contributed by atoms with Crippen LogP contribution in [0, 0.1) is 23.2 Å². The zero-order valence-electron chi connectivity index (χ0n) is 12.8. The predicted octanol–water partition coefficient (Wildman–Crippen LogP) is 0.308. The number of fused-ring (bicyclic) bond motifs is 1. The fourth-order valence-electron chi connectivity index (χ4n) is 4.28. The Bertz CT molecular complexity index is 486. The summed E-state index contributed by atoms with van der Waals surface area (Å²) in [5.74, 6) is -1.12. The van der Waals surface area contributed by atoms with E-state index in [1.165, 1.54) is 0 Å². The monoisotopic (exact) mass is 296 g/mol. The Morgan fingerprint density at radius 2 is 2.00 bits per heavy atom. The molecule has 3 N–H and O–H groups in total. The maximum atomic E-state index is 12.8. The third-order valence-electron chi connectivity index (χ3n) is 6.10. The zero-order chi connectivity index (χ0) is 15.6. The van der Waals surface area contributed by atoms with Gasteiger partial charge in [0.1, 0.15) is 5.54 Å². The van der Waals surface area contributed by atoms with Gasteiger partial charge < -0.3 is 20.5 Å². The molecule has 6 heteroatoms. The van der Waals surface area contributed by atoms with Gasteiger partial charge in [0.05, 0.1) is 12.0 Å². The first-order valence-electron chi connectivity index (χ1n) is 7.64. The molecule has 0 bridgehead atoms. The van der Waals surface area contributed by atoms with Crippen LogP contribution in [-0.4, -0.2) is 53.2 Å². The first kappa shape index (κ1) is 14.8. The van der Waals surface area contributed by atoms with Crippen LogP contribution in [0.1, 0.15) is 27.2 Å². The van der Waals surface area contributed by atoms with Gasteiger partial charge in [0.2, 0.25) is 5.91 Å². The van der Waals surface area contributed by atoms with Gasteiger partial charge in [-0.2, -0.15) is 0 Å². The topological polar surface area (TPSA) is 92.9 Å². The van der Waals surface area contributed by atoms with Crippen molar-refractivity contribution >= 4 is 11.9 Å². The maximum absolute atomic E-state index is 12.8. The van der Waals surface area contributed by atoms with Crippen molar-refractivity contribution in [2.75, 3.05) is 19.7 Å². The summed E-state index contributed by atoms with van der Waals surface area (Å²) < 4.78 is 5.71. The van der Waals surface area contributed by atoms with Crippen LogP contribution < -0.4 is 5.73 Å². The third kappa shape index (κ3) is 1.72. The van der Waals surface area contributed by atoms with Crippen LogP contribution in [0.15, 0.2) is 0 Å². The minimum Gasteiger partial charge on any atom is -0.481 e. The first-order valence-corrected chi connectivity index (χ1v) is 7.64. The predicted molar refractivity (Wildman–Crippen MR) is 75.4 cm³/mol. The van der Waals surface area contributed by atoms with E-state index in [9.17, 15) is 9.59 Å². The minimum absolute atomic E-state index is 0.0342. The number of nitrogens with two attached hydrogens (primary N) is 1. The molecule has 0 radical (unpaired) electrons. The molecule has 0 aromatic carbocycles. The molecule has 118 valence electrons. The third-order valence-corrected chi connectivity index (χ3v) is 6.10. The molecule has 3 fully saturated rings. The van der Waals surface area contributed by atoms with Gasteiger partial charge in [-0.25, -0.2) is 0 Å². The summed E-state index contributed by atoms with van der Waals surface area (Å²) in [5, 5.41) is 9.02. The highest BCUT2D eigenvalue weighted by molar-refractivity contribution is 5.90. The van der Waals surface area contributed by atoms with E-state index in [0.29, 0.717) is 19.7 Å². The van der Waals surface area contributed by atoms with E-state index in [-0.39, 0.29) is 29.3 Å². The van der Waals surface area contributed by atoms with Gasteiger partial charge >= 0.3 is 5.97 Å². The van der Waals surface area contributed by atoms with Crippen LogP contribution in [0.25, 0.3) is 0 Å². The normalized spacial score (nSPS) is 39.1. The number of carbonyl (C=O) groups is 2. The number of aliphatic carboxylic acids is 1. The lowest BCUT2D eigenvalue weighted by Gasteiger charge is -2.62. The average molecular weight is 296 g/mol. The van der Waals surface area contributed by atoms with Crippen molar-refractivity contribution in [3.8, 4) is 0 Å². The summed E-state index contributed by atoms with van der Waals surface area (Å²) in [6.07, 6.45) is 0.903. The summed E-state index contributed by atoms with van der Waals surface area (Å²) in [4.78, 5) is 25.5. The average Bonchev–Trinajstić information content (AvgIpc) is 2.83. The summed E-state index contributed by atoms with van der Waals surface area (Å²) in [5.41, 5.74) is 5.28. The summed E-state index contributed by atoms with van der Waals surface area (Å²) in [6.45, 7) is 7.35. The number of carboxylic acid groups (broad SMARTS) is 1. The Morgan fingerprint density at radius 3 is 2.57 bits per heavy atom. The van der Waals surface area contributed by atoms with Gasteiger partial charge in [-0.15, -0.1) is 0 Å². The SMILES string of the molecule is CC(C(=O)O)C1CN(C(=O)C2(N)C3CCOC3C2(C)C)C1. The molecular weight excluding hydrogens is 272 g/mol. The molecule has 1 aliphatic carbocycles. The van der Waals surface area contributed by atoms with E-state index in [2.05, 4.69) is 0 Å². The van der Waals surface area contributed by atoms with E-state index >= 15 is 0 Å². The summed E-state index contributed by atoms with van der Waals surface area (Å²) in [7, 11) is 0. The number of amides is 1. The number of hydrogen-bond acceptors (Lipinski definition) is 4. The highest BCUT2D eigenvalue weighted by atomic mass is 16.5. The van der Waals surface area contributed by atoms with E-state index < -0.39 is 17.4 Å². The number of carboxylic acids is 1. The maximum Gasteiger partial charge on any atom is 0.306 e. The molecule has 1 amide bonds. The Morgan fingerprint density at radius 1 is 1.38 bits per heavy atom. The molecule has 4 unspecified atom stereocenters. The lowest BCUT2D eigenvalue weighted by atomic mass is 9.47.